The maximum Gasteiger partial charge on any atom is 0.127 e. The molecule has 1 aliphatic carbocycles. The van der Waals surface area contributed by atoms with Crippen molar-refractivity contribution in [2.45, 2.75) is 64.8 Å². The fourth-order valence-electron chi connectivity index (χ4n) is 3.39. The Morgan fingerprint density at radius 3 is 2.52 bits per heavy atom. The second-order valence-electron chi connectivity index (χ2n) is 6.31. The summed E-state index contributed by atoms with van der Waals surface area (Å²) in [6.45, 7) is 4.97. The fourth-order valence-corrected chi connectivity index (χ4v) is 3.66. The van der Waals surface area contributed by atoms with Crippen LogP contribution in [0.4, 0.5) is 4.39 Å². The Morgan fingerprint density at radius 1 is 1.24 bits per heavy atom. The summed E-state index contributed by atoms with van der Waals surface area (Å²) in [6, 6.07) is 3.68. The lowest BCUT2D eigenvalue weighted by Crippen LogP contribution is -2.29. The maximum absolute atomic E-state index is 13.7. The molecule has 2 rings (SSSR count). The van der Waals surface area contributed by atoms with Crippen LogP contribution in [-0.4, -0.2) is 6.54 Å². The molecule has 0 heterocycles. The predicted octanol–water partition coefficient (Wildman–Crippen LogP) is 5.80. The van der Waals surface area contributed by atoms with E-state index in [4.69, 9.17) is 11.6 Å². The second kappa shape index (κ2) is 8.14. The third-order valence-electron chi connectivity index (χ3n) is 4.60. The minimum absolute atomic E-state index is 0.209. The van der Waals surface area contributed by atoms with Gasteiger partial charge in [-0.05, 0) is 55.8 Å². The molecular formula is C18H27ClFN. The molecule has 0 aromatic heterocycles. The van der Waals surface area contributed by atoms with Gasteiger partial charge in [0.2, 0.25) is 0 Å². The molecule has 1 unspecified atom stereocenters. The first-order valence-corrected chi connectivity index (χ1v) is 8.70. The molecule has 1 aliphatic rings. The molecule has 21 heavy (non-hydrogen) atoms. The smallest absolute Gasteiger partial charge is 0.127 e. The van der Waals surface area contributed by atoms with Crippen LogP contribution < -0.4 is 5.32 Å². The molecule has 3 heteroatoms. The zero-order valence-electron chi connectivity index (χ0n) is 13.2. The van der Waals surface area contributed by atoms with Crippen molar-refractivity contribution in [2.75, 3.05) is 6.54 Å². The summed E-state index contributed by atoms with van der Waals surface area (Å²) in [5.41, 5.74) is 1.77. The molecule has 1 nitrogen and oxygen atoms in total. The molecule has 0 aliphatic heterocycles. The lowest BCUT2D eigenvalue weighted by Gasteiger charge is -2.29. The first-order valence-electron chi connectivity index (χ1n) is 8.32. The van der Waals surface area contributed by atoms with Gasteiger partial charge in [-0.1, -0.05) is 50.3 Å². The molecule has 1 aromatic carbocycles. The highest BCUT2D eigenvalue weighted by Gasteiger charge is 2.26. The average molecular weight is 312 g/mol. The zero-order valence-corrected chi connectivity index (χ0v) is 14.0. The zero-order chi connectivity index (χ0) is 15.2. The van der Waals surface area contributed by atoms with E-state index < -0.39 is 0 Å². The summed E-state index contributed by atoms with van der Waals surface area (Å²) in [4.78, 5) is 0. The van der Waals surface area contributed by atoms with E-state index in [1.807, 2.05) is 13.0 Å². The number of aryl methyl sites for hydroxylation is 1. The number of benzene rings is 1. The van der Waals surface area contributed by atoms with E-state index in [1.165, 1.54) is 44.6 Å². The van der Waals surface area contributed by atoms with E-state index >= 15 is 0 Å². The summed E-state index contributed by atoms with van der Waals surface area (Å²) in [7, 11) is 0. The third kappa shape index (κ3) is 4.43. The van der Waals surface area contributed by atoms with Gasteiger partial charge in [-0.3, -0.25) is 0 Å². The van der Waals surface area contributed by atoms with Gasteiger partial charge in [-0.15, -0.1) is 0 Å². The molecule has 1 aromatic rings. The normalized spacial score (nSPS) is 18.5. The van der Waals surface area contributed by atoms with Gasteiger partial charge >= 0.3 is 0 Å². The van der Waals surface area contributed by atoms with Crippen LogP contribution in [-0.2, 0) is 0 Å². The first-order chi connectivity index (χ1) is 10.1. The molecule has 0 bridgehead atoms. The van der Waals surface area contributed by atoms with Gasteiger partial charge in [-0.25, -0.2) is 4.39 Å². The van der Waals surface area contributed by atoms with Crippen LogP contribution in [0.3, 0.4) is 0 Å². The van der Waals surface area contributed by atoms with Crippen LogP contribution in [0.1, 0.15) is 69.0 Å². The SMILES string of the molecule is CCCNC(c1cc(C)c(F)cc1Cl)C1CCCCCC1. The topological polar surface area (TPSA) is 12.0 Å². The van der Waals surface area contributed by atoms with Gasteiger partial charge < -0.3 is 5.32 Å². The van der Waals surface area contributed by atoms with Crippen LogP contribution in [0, 0.1) is 18.7 Å². The van der Waals surface area contributed by atoms with Gasteiger partial charge in [0.25, 0.3) is 0 Å². The fraction of sp³-hybridized carbons (Fsp3) is 0.667. The second-order valence-corrected chi connectivity index (χ2v) is 6.71. The molecule has 118 valence electrons. The van der Waals surface area contributed by atoms with E-state index in [1.54, 1.807) is 0 Å². The van der Waals surface area contributed by atoms with Crippen molar-refractivity contribution >= 4 is 11.6 Å². The third-order valence-corrected chi connectivity index (χ3v) is 4.93. The van der Waals surface area contributed by atoms with E-state index in [2.05, 4.69) is 12.2 Å². The standard InChI is InChI=1S/C18H27ClFN/c1-3-10-21-18(14-8-6-4-5-7-9-14)15-11-13(2)17(20)12-16(15)19/h11-12,14,18,21H,3-10H2,1-2H3. The van der Waals surface area contributed by atoms with Crippen molar-refractivity contribution in [1.82, 2.24) is 5.32 Å². The number of hydrogen-bond donors (Lipinski definition) is 1. The molecule has 1 saturated carbocycles. The summed E-state index contributed by atoms with van der Waals surface area (Å²) in [5, 5.41) is 4.23. The lowest BCUT2D eigenvalue weighted by molar-refractivity contribution is 0.325. The highest BCUT2D eigenvalue weighted by atomic mass is 35.5. The number of nitrogens with one attached hydrogen (secondary N) is 1. The van der Waals surface area contributed by atoms with Gasteiger partial charge in [0.05, 0.1) is 0 Å². The van der Waals surface area contributed by atoms with Crippen LogP contribution in [0.25, 0.3) is 0 Å². The maximum atomic E-state index is 13.7. The Kier molecular flexibility index (Phi) is 6.50. The number of halogens is 2. The molecule has 1 atom stereocenters. The Labute approximate surface area is 133 Å². The molecule has 1 fully saturated rings. The average Bonchev–Trinajstić information content (AvgIpc) is 2.74. The minimum atomic E-state index is -0.209. The van der Waals surface area contributed by atoms with Gasteiger partial charge in [0.1, 0.15) is 5.82 Å². The first kappa shape index (κ1) is 16.8. The summed E-state index contributed by atoms with van der Waals surface area (Å²) >= 11 is 6.36. The van der Waals surface area contributed by atoms with Crippen molar-refractivity contribution < 1.29 is 4.39 Å². The molecular weight excluding hydrogens is 285 g/mol. The number of rotatable bonds is 5. The van der Waals surface area contributed by atoms with E-state index in [0.717, 1.165) is 18.5 Å². The van der Waals surface area contributed by atoms with Crippen molar-refractivity contribution in [3.8, 4) is 0 Å². The highest BCUT2D eigenvalue weighted by molar-refractivity contribution is 6.31. The summed E-state index contributed by atoms with van der Waals surface area (Å²) in [5.74, 6) is 0.403. The van der Waals surface area contributed by atoms with Gasteiger partial charge in [0.15, 0.2) is 0 Å². The molecule has 1 N–H and O–H groups in total. The van der Waals surface area contributed by atoms with Gasteiger partial charge in [-0.2, -0.15) is 0 Å². The van der Waals surface area contributed by atoms with Crippen LogP contribution in [0.15, 0.2) is 12.1 Å². The molecule has 0 amide bonds. The van der Waals surface area contributed by atoms with E-state index in [-0.39, 0.29) is 11.9 Å². The molecule has 0 radical (unpaired) electrons. The van der Waals surface area contributed by atoms with Crippen molar-refractivity contribution in [1.29, 1.82) is 0 Å². The monoisotopic (exact) mass is 311 g/mol. The quantitative estimate of drug-likeness (QED) is 0.678. The Balaban J connectivity index is 2.27. The predicted molar refractivity (Wildman–Crippen MR) is 88.4 cm³/mol. The molecule has 0 saturated heterocycles. The lowest BCUT2D eigenvalue weighted by atomic mass is 9.86. The molecule has 0 spiro atoms. The Morgan fingerprint density at radius 2 is 1.90 bits per heavy atom. The van der Waals surface area contributed by atoms with Crippen LogP contribution >= 0.6 is 11.6 Å². The van der Waals surface area contributed by atoms with E-state index in [0.29, 0.717) is 16.5 Å². The largest absolute Gasteiger partial charge is 0.310 e. The number of hydrogen-bond acceptors (Lipinski definition) is 1. The van der Waals surface area contributed by atoms with E-state index in [9.17, 15) is 4.39 Å². The summed E-state index contributed by atoms with van der Waals surface area (Å²) < 4.78 is 13.7. The van der Waals surface area contributed by atoms with Crippen molar-refractivity contribution in [3.05, 3.63) is 34.1 Å². The minimum Gasteiger partial charge on any atom is -0.310 e. The van der Waals surface area contributed by atoms with Crippen molar-refractivity contribution in [3.63, 3.8) is 0 Å². The van der Waals surface area contributed by atoms with Gasteiger partial charge in [0, 0.05) is 11.1 Å². The Hall–Kier alpha value is -0.600. The van der Waals surface area contributed by atoms with Crippen LogP contribution in [0.2, 0.25) is 5.02 Å². The van der Waals surface area contributed by atoms with Crippen molar-refractivity contribution in [2.24, 2.45) is 5.92 Å². The summed E-state index contributed by atoms with van der Waals surface area (Å²) in [6.07, 6.45) is 8.86. The Bertz CT molecular complexity index is 453. The van der Waals surface area contributed by atoms with Crippen LogP contribution in [0.5, 0.6) is 0 Å². The highest BCUT2D eigenvalue weighted by Crippen LogP contribution is 2.37.